The minimum atomic E-state index is -0.974. The molecule has 10 heteroatoms. The Balaban J connectivity index is 1.65. The van der Waals surface area contributed by atoms with E-state index in [4.69, 9.17) is 14.6 Å². The third kappa shape index (κ3) is 6.31. The van der Waals surface area contributed by atoms with E-state index < -0.39 is 12.0 Å². The standard InChI is InChI=1S/C28H35N5O5/c1-37-24-8-5-9-25(38-2)28(24)23-17-26(31-33(23)21-6-3-4-7-21)32(19-34)22(16-27(35)36)12-15-30-18-20-10-13-29-14-11-20/h5,8-11,13-14,17,19,21-22,30H,3-4,6-7,12,15-16,18H2,1-2H3,(H,35,36)/t22-/m0/s1. The van der Waals surface area contributed by atoms with Gasteiger partial charge in [0.15, 0.2) is 5.82 Å². The summed E-state index contributed by atoms with van der Waals surface area (Å²) in [6, 6.07) is 10.9. The lowest BCUT2D eigenvalue weighted by atomic mass is 10.1. The Morgan fingerprint density at radius 2 is 1.87 bits per heavy atom. The molecule has 4 rings (SSSR count). The quantitative estimate of drug-likeness (QED) is 0.241. The third-order valence-corrected chi connectivity index (χ3v) is 6.99. The van der Waals surface area contributed by atoms with Crippen LogP contribution in [0.25, 0.3) is 11.3 Å². The van der Waals surface area contributed by atoms with Crippen LogP contribution in [0.2, 0.25) is 0 Å². The first-order valence-corrected chi connectivity index (χ1v) is 12.9. The molecule has 0 unspecified atom stereocenters. The summed E-state index contributed by atoms with van der Waals surface area (Å²) < 4.78 is 13.3. The number of hydrogen-bond acceptors (Lipinski definition) is 7. The topological polar surface area (TPSA) is 119 Å². The van der Waals surface area contributed by atoms with Crippen LogP contribution in [0.15, 0.2) is 48.8 Å². The smallest absolute Gasteiger partial charge is 0.305 e. The van der Waals surface area contributed by atoms with E-state index in [0.717, 1.165) is 42.5 Å². The van der Waals surface area contributed by atoms with Crippen molar-refractivity contribution in [1.82, 2.24) is 20.1 Å². The summed E-state index contributed by atoms with van der Waals surface area (Å²) >= 11 is 0. The molecule has 1 aromatic carbocycles. The van der Waals surface area contributed by atoms with Gasteiger partial charge in [0.2, 0.25) is 6.41 Å². The maximum Gasteiger partial charge on any atom is 0.305 e. The predicted octanol–water partition coefficient (Wildman–Crippen LogP) is 4.06. The number of carboxylic acid groups (broad SMARTS) is 1. The predicted molar refractivity (Wildman–Crippen MR) is 143 cm³/mol. The van der Waals surface area contributed by atoms with Crippen LogP contribution in [0.1, 0.15) is 50.1 Å². The Kier molecular flexibility index (Phi) is 9.31. The maximum atomic E-state index is 12.4. The van der Waals surface area contributed by atoms with Gasteiger partial charge in [0.05, 0.1) is 37.9 Å². The zero-order chi connectivity index (χ0) is 26.9. The summed E-state index contributed by atoms with van der Waals surface area (Å²) in [5.41, 5.74) is 2.61. The molecule has 1 atom stereocenters. The highest BCUT2D eigenvalue weighted by atomic mass is 16.5. The minimum absolute atomic E-state index is 0.168. The van der Waals surface area contributed by atoms with Crippen molar-refractivity contribution in [2.75, 3.05) is 25.7 Å². The van der Waals surface area contributed by atoms with Gasteiger partial charge in [-0.15, -0.1) is 0 Å². The van der Waals surface area contributed by atoms with E-state index in [1.54, 1.807) is 26.6 Å². The molecule has 0 bridgehead atoms. The van der Waals surface area contributed by atoms with Crippen LogP contribution < -0.4 is 19.7 Å². The largest absolute Gasteiger partial charge is 0.496 e. The first kappa shape index (κ1) is 27.1. The SMILES string of the molecule is COc1cccc(OC)c1-c1cc(N(C=O)[C@@H](CCNCc2ccncc2)CC(=O)O)nn1C1CCCC1. The number of rotatable bonds is 14. The molecule has 202 valence electrons. The van der Waals surface area contributed by atoms with E-state index in [1.165, 1.54) is 4.90 Å². The normalized spacial score (nSPS) is 14.3. The number of nitrogens with one attached hydrogen (secondary N) is 1. The fourth-order valence-corrected chi connectivity index (χ4v) is 5.10. The number of nitrogens with zero attached hydrogens (tertiary/aromatic N) is 4. The number of carbonyl (C=O) groups is 2. The molecule has 0 aliphatic heterocycles. The highest BCUT2D eigenvalue weighted by Crippen LogP contribution is 2.43. The summed E-state index contributed by atoms with van der Waals surface area (Å²) in [6.45, 7) is 1.15. The molecular weight excluding hydrogens is 486 g/mol. The van der Waals surface area contributed by atoms with Crippen molar-refractivity contribution in [3.05, 3.63) is 54.4 Å². The van der Waals surface area contributed by atoms with Gasteiger partial charge in [-0.2, -0.15) is 5.10 Å². The van der Waals surface area contributed by atoms with E-state index >= 15 is 0 Å². The molecule has 1 fully saturated rings. The highest BCUT2D eigenvalue weighted by Gasteiger charge is 2.29. The lowest BCUT2D eigenvalue weighted by Crippen LogP contribution is -2.38. The van der Waals surface area contributed by atoms with Gasteiger partial charge in [-0.3, -0.25) is 24.2 Å². The average Bonchev–Trinajstić information content (AvgIpc) is 3.61. The Hall–Kier alpha value is -3.92. The fraction of sp³-hybridized carbons (Fsp3) is 0.429. The lowest BCUT2D eigenvalue weighted by Gasteiger charge is -2.25. The summed E-state index contributed by atoms with van der Waals surface area (Å²) in [6.07, 6.45) is 8.55. The molecule has 2 N–H and O–H groups in total. The molecule has 2 heterocycles. The number of ether oxygens (including phenoxy) is 2. The molecule has 1 aliphatic carbocycles. The van der Waals surface area contributed by atoms with Gasteiger partial charge in [-0.25, -0.2) is 0 Å². The van der Waals surface area contributed by atoms with Crippen molar-refractivity contribution >= 4 is 18.2 Å². The number of hydrogen-bond donors (Lipinski definition) is 2. The van der Waals surface area contributed by atoms with Crippen molar-refractivity contribution < 1.29 is 24.2 Å². The second kappa shape index (κ2) is 13.0. The number of carbonyl (C=O) groups excluding carboxylic acids is 1. The Morgan fingerprint density at radius 3 is 2.47 bits per heavy atom. The van der Waals surface area contributed by atoms with E-state index in [-0.39, 0.29) is 12.5 Å². The molecule has 1 amide bonds. The molecule has 0 radical (unpaired) electrons. The Bertz CT molecular complexity index is 1190. The van der Waals surface area contributed by atoms with Crippen LogP contribution in [-0.4, -0.2) is 59.1 Å². The molecule has 2 aromatic heterocycles. The number of carboxylic acids is 1. The second-order valence-corrected chi connectivity index (χ2v) is 9.39. The van der Waals surface area contributed by atoms with Crippen molar-refractivity contribution in [2.24, 2.45) is 0 Å². The van der Waals surface area contributed by atoms with E-state index in [0.29, 0.717) is 43.2 Å². The first-order chi connectivity index (χ1) is 18.5. The average molecular weight is 522 g/mol. The summed E-state index contributed by atoms with van der Waals surface area (Å²) in [7, 11) is 3.21. The van der Waals surface area contributed by atoms with E-state index in [1.807, 2.05) is 41.1 Å². The molecule has 0 saturated heterocycles. The van der Waals surface area contributed by atoms with Crippen LogP contribution >= 0.6 is 0 Å². The molecule has 0 spiro atoms. The van der Waals surface area contributed by atoms with E-state index in [9.17, 15) is 14.7 Å². The fourth-order valence-electron chi connectivity index (χ4n) is 5.10. The zero-order valence-corrected chi connectivity index (χ0v) is 21.9. The van der Waals surface area contributed by atoms with Crippen molar-refractivity contribution in [3.63, 3.8) is 0 Å². The number of methoxy groups -OCH3 is 2. The summed E-state index contributed by atoms with van der Waals surface area (Å²) in [5.74, 6) is 0.707. The van der Waals surface area contributed by atoms with Gasteiger partial charge in [0.25, 0.3) is 0 Å². The lowest BCUT2D eigenvalue weighted by molar-refractivity contribution is -0.137. The van der Waals surface area contributed by atoms with Gasteiger partial charge >= 0.3 is 5.97 Å². The zero-order valence-electron chi connectivity index (χ0n) is 21.9. The Morgan fingerprint density at radius 1 is 1.18 bits per heavy atom. The van der Waals surface area contributed by atoms with Gasteiger partial charge in [-0.1, -0.05) is 18.9 Å². The number of pyridine rings is 1. The molecule has 3 aromatic rings. The first-order valence-electron chi connectivity index (χ1n) is 12.9. The van der Waals surface area contributed by atoms with Crippen LogP contribution in [0, 0.1) is 0 Å². The number of aromatic nitrogens is 3. The molecular formula is C28H35N5O5. The number of aliphatic carboxylic acids is 1. The molecule has 1 aliphatic rings. The van der Waals surface area contributed by atoms with Crippen molar-refractivity contribution in [1.29, 1.82) is 0 Å². The van der Waals surface area contributed by atoms with Crippen LogP contribution in [0.4, 0.5) is 5.82 Å². The van der Waals surface area contributed by atoms with Crippen LogP contribution in [0.3, 0.4) is 0 Å². The number of benzene rings is 1. The summed E-state index contributed by atoms with van der Waals surface area (Å²) in [5, 5.41) is 17.8. The molecule has 38 heavy (non-hydrogen) atoms. The van der Waals surface area contributed by atoms with Gasteiger partial charge < -0.3 is 19.9 Å². The summed E-state index contributed by atoms with van der Waals surface area (Å²) in [4.78, 5) is 29.6. The second-order valence-electron chi connectivity index (χ2n) is 9.39. The number of amides is 1. The Labute approximate surface area is 222 Å². The van der Waals surface area contributed by atoms with Gasteiger partial charge in [-0.05, 0) is 55.6 Å². The van der Waals surface area contributed by atoms with Crippen molar-refractivity contribution in [3.8, 4) is 22.8 Å². The van der Waals surface area contributed by atoms with E-state index in [2.05, 4.69) is 10.3 Å². The minimum Gasteiger partial charge on any atom is -0.496 e. The highest BCUT2D eigenvalue weighted by molar-refractivity contribution is 5.81. The van der Waals surface area contributed by atoms with Gasteiger partial charge in [0.1, 0.15) is 11.5 Å². The maximum absolute atomic E-state index is 12.4. The molecule has 10 nitrogen and oxygen atoms in total. The van der Waals surface area contributed by atoms with Gasteiger partial charge in [0, 0.05) is 31.0 Å². The van der Waals surface area contributed by atoms with Crippen LogP contribution in [-0.2, 0) is 16.1 Å². The monoisotopic (exact) mass is 521 g/mol. The third-order valence-electron chi connectivity index (χ3n) is 6.99. The number of anilines is 1. The van der Waals surface area contributed by atoms with Crippen molar-refractivity contribution in [2.45, 2.75) is 57.2 Å². The van der Waals surface area contributed by atoms with Crippen LogP contribution in [0.5, 0.6) is 11.5 Å². The molecule has 1 saturated carbocycles.